The van der Waals surface area contributed by atoms with E-state index in [2.05, 4.69) is 18.7 Å². The minimum Gasteiger partial charge on any atom is -0.478 e. The van der Waals surface area contributed by atoms with Gasteiger partial charge in [-0.1, -0.05) is 6.92 Å². The second-order valence-electron chi connectivity index (χ2n) is 5.20. The monoisotopic (exact) mass is 247 g/mol. The molecule has 2 rings (SSSR count). The Hall–Kier alpha value is -1.51. The Morgan fingerprint density at radius 1 is 1.44 bits per heavy atom. The lowest BCUT2D eigenvalue weighted by Gasteiger charge is -2.31. The second kappa shape index (κ2) is 5.01. The first kappa shape index (κ1) is 12.9. The molecule has 1 aromatic carbocycles. The van der Waals surface area contributed by atoms with Gasteiger partial charge in [-0.25, -0.2) is 4.79 Å². The zero-order valence-corrected chi connectivity index (χ0v) is 11.3. The van der Waals surface area contributed by atoms with Crippen LogP contribution in [0.1, 0.15) is 49.0 Å². The highest BCUT2D eigenvalue weighted by molar-refractivity contribution is 5.88. The molecule has 3 heteroatoms. The molecule has 1 saturated heterocycles. The number of aromatic carboxylic acids is 1. The van der Waals surface area contributed by atoms with Crippen LogP contribution in [-0.4, -0.2) is 23.2 Å². The number of nitrogens with zero attached hydrogens (tertiary/aromatic N) is 1. The third-order valence-corrected chi connectivity index (χ3v) is 3.98. The van der Waals surface area contributed by atoms with E-state index in [9.17, 15) is 4.79 Å². The maximum Gasteiger partial charge on any atom is 0.335 e. The molecular weight excluding hydrogens is 226 g/mol. The fraction of sp³-hybridized carbons (Fsp3) is 0.533. The van der Waals surface area contributed by atoms with Crippen molar-refractivity contribution in [2.75, 3.05) is 4.90 Å². The molecule has 0 aliphatic carbocycles. The molecule has 1 aromatic rings. The van der Waals surface area contributed by atoms with E-state index in [0.29, 0.717) is 17.6 Å². The topological polar surface area (TPSA) is 40.5 Å². The predicted molar refractivity (Wildman–Crippen MR) is 73.4 cm³/mol. The Morgan fingerprint density at radius 3 is 2.72 bits per heavy atom. The Balaban J connectivity index is 2.35. The molecule has 2 atom stereocenters. The molecule has 0 radical (unpaired) electrons. The molecule has 2 unspecified atom stereocenters. The molecule has 3 nitrogen and oxygen atoms in total. The number of carboxylic acids is 1. The summed E-state index contributed by atoms with van der Waals surface area (Å²) < 4.78 is 0. The summed E-state index contributed by atoms with van der Waals surface area (Å²) in [4.78, 5) is 13.4. The normalized spacial score (nSPS) is 23.4. The average Bonchev–Trinajstić information content (AvgIpc) is 2.70. The van der Waals surface area contributed by atoms with E-state index in [1.807, 2.05) is 13.0 Å². The lowest BCUT2D eigenvalue weighted by molar-refractivity contribution is 0.0697. The number of aryl methyl sites for hydroxylation is 1. The highest BCUT2D eigenvalue weighted by Crippen LogP contribution is 2.34. The summed E-state index contributed by atoms with van der Waals surface area (Å²) in [6, 6.07) is 6.58. The van der Waals surface area contributed by atoms with Gasteiger partial charge in [0.05, 0.1) is 5.56 Å². The number of benzene rings is 1. The molecule has 0 amide bonds. The number of rotatable bonds is 3. The van der Waals surface area contributed by atoms with Crippen LogP contribution in [-0.2, 0) is 0 Å². The Bertz CT molecular complexity index is 456. The van der Waals surface area contributed by atoms with Crippen molar-refractivity contribution in [2.45, 2.75) is 52.1 Å². The molecular formula is C15H21NO2. The van der Waals surface area contributed by atoms with Crippen molar-refractivity contribution in [1.29, 1.82) is 0 Å². The zero-order valence-electron chi connectivity index (χ0n) is 11.3. The first-order valence-corrected chi connectivity index (χ1v) is 6.66. The van der Waals surface area contributed by atoms with Crippen LogP contribution in [0.4, 0.5) is 5.69 Å². The molecule has 1 N–H and O–H groups in total. The molecule has 0 bridgehead atoms. The van der Waals surface area contributed by atoms with Crippen LogP contribution in [0.15, 0.2) is 18.2 Å². The largest absolute Gasteiger partial charge is 0.478 e. The molecule has 98 valence electrons. The number of carbonyl (C=O) groups is 1. The van der Waals surface area contributed by atoms with E-state index in [-0.39, 0.29) is 0 Å². The Kier molecular flexibility index (Phi) is 3.60. The van der Waals surface area contributed by atoms with Gasteiger partial charge in [-0.15, -0.1) is 0 Å². The molecule has 0 aromatic heterocycles. The van der Waals surface area contributed by atoms with E-state index < -0.39 is 5.97 Å². The highest BCUT2D eigenvalue weighted by Gasteiger charge is 2.30. The first-order valence-electron chi connectivity index (χ1n) is 6.66. The van der Waals surface area contributed by atoms with Crippen LogP contribution in [0.5, 0.6) is 0 Å². The van der Waals surface area contributed by atoms with Gasteiger partial charge in [0.25, 0.3) is 0 Å². The molecule has 18 heavy (non-hydrogen) atoms. The van der Waals surface area contributed by atoms with Gasteiger partial charge < -0.3 is 10.0 Å². The van der Waals surface area contributed by atoms with Gasteiger partial charge in [-0.3, -0.25) is 0 Å². The average molecular weight is 247 g/mol. The Labute approximate surface area is 108 Å². The van der Waals surface area contributed by atoms with E-state index in [1.165, 1.54) is 18.5 Å². The zero-order chi connectivity index (χ0) is 13.3. The van der Waals surface area contributed by atoms with Crippen LogP contribution < -0.4 is 4.90 Å². The van der Waals surface area contributed by atoms with Gasteiger partial charge in [0.2, 0.25) is 0 Å². The SMILES string of the molecule is CCC1CCC(C)N1c1ccc(C(=O)O)cc1C. The van der Waals surface area contributed by atoms with Crippen LogP contribution >= 0.6 is 0 Å². The lowest BCUT2D eigenvalue weighted by atomic mass is 10.1. The fourth-order valence-electron chi connectivity index (χ4n) is 2.98. The van der Waals surface area contributed by atoms with Crippen molar-refractivity contribution in [3.63, 3.8) is 0 Å². The van der Waals surface area contributed by atoms with Crippen LogP contribution in [0.2, 0.25) is 0 Å². The summed E-state index contributed by atoms with van der Waals surface area (Å²) >= 11 is 0. The van der Waals surface area contributed by atoms with Gasteiger partial charge in [0, 0.05) is 17.8 Å². The van der Waals surface area contributed by atoms with Crippen LogP contribution in [0, 0.1) is 6.92 Å². The third kappa shape index (κ3) is 2.22. The summed E-state index contributed by atoms with van der Waals surface area (Å²) in [5.41, 5.74) is 2.62. The number of hydrogen-bond acceptors (Lipinski definition) is 2. The first-order chi connectivity index (χ1) is 8.54. The summed E-state index contributed by atoms with van der Waals surface area (Å²) in [6.07, 6.45) is 3.60. The van der Waals surface area contributed by atoms with E-state index in [0.717, 1.165) is 12.0 Å². The summed E-state index contributed by atoms with van der Waals surface area (Å²) in [7, 11) is 0. The quantitative estimate of drug-likeness (QED) is 0.889. The van der Waals surface area contributed by atoms with Gasteiger partial charge >= 0.3 is 5.97 Å². The Morgan fingerprint density at radius 2 is 2.17 bits per heavy atom. The van der Waals surface area contributed by atoms with Crippen molar-refractivity contribution >= 4 is 11.7 Å². The molecule has 1 heterocycles. The standard InChI is InChI=1S/C15H21NO2/c1-4-13-7-5-11(3)16(13)14-8-6-12(15(17)18)9-10(14)2/h6,8-9,11,13H,4-5,7H2,1-3H3,(H,17,18). The molecule has 1 aliphatic rings. The summed E-state index contributed by atoms with van der Waals surface area (Å²) in [5.74, 6) is -0.855. The third-order valence-electron chi connectivity index (χ3n) is 3.98. The number of hydrogen-bond donors (Lipinski definition) is 1. The van der Waals surface area contributed by atoms with E-state index >= 15 is 0 Å². The lowest BCUT2D eigenvalue weighted by Crippen LogP contribution is -2.34. The van der Waals surface area contributed by atoms with Crippen molar-refractivity contribution in [3.8, 4) is 0 Å². The van der Waals surface area contributed by atoms with Gasteiger partial charge in [-0.2, -0.15) is 0 Å². The van der Waals surface area contributed by atoms with Crippen molar-refractivity contribution in [3.05, 3.63) is 29.3 Å². The summed E-state index contributed by atoms with van der Waals surface area (Å²) in [6.45, 7) is 6.47. The molecule has 0 spiro atoms. The number of anilines is 1. The number of carboxylic acid groups (broad SMARTS) is 1. The van der Waals surface area contributed by atoms with Gasteiger partial charge in [0.15, 0.2) is 0 Å². The molecule has 1 fully saturated rings. The van der Waals surface area contributed by atoms with E-state index in [4.69, 9.17) is 5.11 Å². The minimum absolute atomic E-state index is 0.371. The maximum atomic E-state index is 11.0. The van der Waals surface area contributed by atoms with Crippen molar-refractivity contribution in [1.82, 2.24) is 0 Å². The maximum absolute atomic E-state index is 11.0. The molecule has 1 aliphatic heterocycles. The van der Waals surface area contributed by atoms with Crippen molar-refractivity contribution in [2.24, 2.45) is 0 Å². The second-order valence-corrected chi connectivity index (χ2v) is 5.20. The van der Waals surface area contributed by atoms with Gasteiger partial charge in [0.1, 0.15) is 0 Å². The highest BCUT2D eigenvalue weighted by atomic mass is 16.4. The fourth-order valence-corrected chi connectivity index (χ4v) is 2.98. The summed E-state index contributed by atoms with van der Waals surface area (Å²) in [5, 5.41) is 9.00. The van der Waals surface area contributed by atoms with Crippen LogP contribution in [0.3, 0.4) is 0 Å². The minimum atomic E-state index is -0.855. The predicted octanol–water partition coefficient (Wildman–Crippen LogP) is 3.46. The van der Waals surface area contributed by atoms with E-state index in [1.54, 1.807) is 12.1 Å². The smallest absolute Gasteiger partial charge is 0.335 e. The van der Waals surface area contributed by atoms with Crippen molar-refractivity contribution < 1.29 is 9.90 Å². The molecule has 0 saturated carbocycles. The van der Waals surface area contributed by atoms with Crippen LogP contribution in [0.25, 0.3) is 0 Å². The van der Waals surface area contributed by atoms with Gasteiger partial charge in [-0.05, 0) is 56.9 Å².